The molecule has 1 atom stereocenters. The predicted molar refractivity (Wildman–Crippen MR) is 143 cm³/mol. The van der Waals surface area contributed by atoms with E-state index in [0.29, 0.717) is 26.1 Å². The van der Waals surface area contributed by atoms with Crippen LogP contribution >= 0.6 is 11.3 Å². The molecule has 0 bridgehead atoms. The summed E-state index contributed by atoms with van der Waals surface area (Å²) in [5, 5.41) is 2.09. The van der Waals surface area contributed by atoms with Gasteiger partial charge in [0, 0.05) is 37.8 Å². The van der Waals surface area contributed by atoms with E-state index in [0.717, 1.165) is 28.9 Å². The van der Waals surface area contributed by atoms with E-state index in [2.05, 4.69) is 11.4 Å². The van der Waals surface area contributed by atoms with Crippen LogP contribution in [0.1, 0.15) is 34.0 Å². The molecule has 36 heavy (non-hydrogen) atoms. The smallest absolute Gasteiger partial charge is 0.247 e. The highest BCUT2D eigenvalue weighted by molar-refractivity contribution is 7.10. The van der Waals surface area contributed by atoms with Gasteiger partial charge in [0.1, 0.15) is 12.3 Å². The van der Waals surface area contributed by atoms with E-state index in [9.17, 15) is 9.59 Å². The zero-order valence-electron chi connectivity index (χ0n) is 20.8. The van der Waals surface area contributed by atoms with Gasteiger partial charge in [0.15, 0.2) is 0 Å². The molecular weight excluding hydrogens is 472 g/mol. The summed E-state index contributed by atoms with van der Waals surface area (Å²) in [6.07, 6.45) is 4.81. The SMILES string of the molecule is COCCCN(CC(=O)N1CCc2sccc2C1c1ccc(OC)cc1)C(=O)C=Cc1ccccc1. The number of benzene rings is 2. The summed E-state index contributed by atoms with van der Waals surface area (Å²) >= 11 is 1.73. The van der Waals surface area contributed by atoms with E-state index in [4.69, 9.17) is 9.47 Å². The summed E-state index contributed by atoms with van der Waals surface area (Å²) in [6, 6.07) is 19.5. The van der Waals surface area contributed by atoms with E-state index >= 15 is 0 Å². The number of carbonyl (C=O) groups is 2. The molecule has 0 fully saturated rings. The van der Waals surface area contributed by atoms with Crippen LogP contribution in [-0.4, -0.2) is 62.1 Å². The predicted octanol–water partition coefficient (Wildman–Crippen LogP) is 4.81. The fraction of sp³-hybridized carbons (Fsp3) is 0.310. The second kappa shape index (κ2) is 12.5. The van der Waals surface area contributed by atoms with Crippen LogP contribution < -0.4 is 4.74 Å². The molecule has 2 heterocycles. The number of fused-ring (bicyclic) bond motifs is 1. The minimum atomic E-state index is -0.186. The molecule has 0 N–H and O–H groups in total. The van der Waals surface area contributed by atoms with Gasteiger partial charge < -0.3 is 19.3 Å². The number of methoxy groups -OCH3 is 2. The molecule has 0 radical (unpaired) electrons. The number of rotatable bonds is 10. The van der Waals surface area contributed by atoms with Gasteiger partial charge >= 0.3 is 0 Å². The molecule has 0 saturated heterocycles. The maximum absolute atomic E-state index is 13.7. The van der Waals surface area contributed by atoms with E-state index < -0.39 is 0 Å². The number of thiophene rings is 1. The zero-order chi connectivity index (χ0) is 25.3. The summed E-state index contributed by atoms with van der Waals surface area (Å²) in [7, 11) is 3.28. The molecule has 188 valence electrons. The maximum Gasteiger partial charge on any atom is 0.247 e. The standard InChI is InChI=1S/C29H32N2O4S/c1-34-19-6-17-30(27(32)14-9-22-7-4-3-5-8-22)21-28(33)31-18-15-26-25(16-20-36-26)29(31)23-10-12-24(35-2)13-11-23/h3-5,7-14,16,20,29H,6,15,17-19,21H2,1-2H3. The summed E-state index contributed by atoms with van der Waals surface area (Å²) in [6.45, 7) is 1.61. The van der Waals surface area contributed by atoms with Crippen LogP contribution in [0.5, 0.6) is 5.75 Å². The van der Waals surface area contributed by atoms with Gasteiger partial charge in [-0.2, -0.15) is 0 Å². The first-order chi connectivity index (χ1) is 17.6. The van der Waals surface area contributed by atoms with Crippen LogP contribution in [0.15, 0.2) is 72.1 Å². The molecule has 1 aromatic heterocycles. The van der Waals surface area contributed by atoms with Crippen molar-refractivity contribution in [2.75, 3.05) is 40.5 Å². The number of nitrogens with zero attached hydrogens (tertiary/aromatic N) is 2. The van der Waals surface area contributed by atoms with Crippen molar-refractivity contribution in [1.29, 1.82) is 0 Å². The van der Waals surface area contributed by atoms with Gasteiger partial charge in [0.05, 0.1) is 13.2 Å². The Morgan fingerprint density at radius 2 is 1.86 bits per heavy atom. The van der Waals surface area contributed by atoms with Gasteiger partial charge in [0.2, 0.25) is 11.8 Å². The summed E-state index contributed by atoms with van der Waals surface area (Å²) in [5.41, 5.74) is 3.13. The van der Waals surface area contributed by atoms with E-state index in [1.807, 2.05) is 59.5 Å². The Bertz CT molecular complexity index is 1170. The van der Waals surface area contributed by atoms with E-state index in [1.54, 1.807) is 42.6 Å². The maximum atomic E-state index is 13.7. The van der Waals surface area contributed by atoms with Crippen molar-refractivity contribution in [2.24, 2.45) is 0 Å². The van der Waals surface area contributed by atoms with Gasteiger partial charge in [-0.25, -0.2) is 0 Å². The van der Waals surface area contributed by atoms with Crippen molar-refractivity contribution in [3.8, 4) is 5.75 Å². The summed E-state index contributed by atoms with van der Waals surface area (Å²) < 4.78 is 10.5. The Hall–Kier alpha value is -3.42. The van der Waals surface area contributed by atoms with Crippen molar-refractivity contribution in [1.82, 2.24) is 9.80 Å². The van der Waals surface area contributed by atoms with Crippen LogP contribution in [0.2, 0.25) is 0 Å². The highest BCUT2D eigenvalue weighted by Gasteiger charge is 2.33. The molecule has 2 amide bonds. The third-order valence-corrected chi connectivity index (χ3v) is 7.35. The van der Waals surface area contributed by atoms with Crippen molar-refractivity contribution >= 4 is 29.2 Å². The van der Waals surface area contributed by atoms with Crippen LogP contribution in [0.25, 0.3) is 6.08 Å². The lowest BCUT2D eigenvalue weighted by molar-refractivity contribution is -0.139. The molecule has 0 aliphatic carbocycles. The normalized spacial score (nSPS) is 15.1. The number of ether oxygens (including phenoxy) is 2. The quantitative estimate of drug-likeness (QED) is 0.294. The molecule has 7 heteroatoms. The first kappa shape index (κ1) is 25.7. The zero-order valence-corrected chi connectivity index (χ0v) is 21.6. The number of hydrogen-bond donors (Lipinski definition) is 0. The third kappa shape index (κ3) is 6.22. The summed E-state index contributed by atoms with van der Waals surface area (Å²) in [5.74, 6) is 0.530. The Morgan fingerprint density at radius 1 is 1.08 bits per heavy atom. The monoisotopic (exact) mass is 504 g/mol. The fourth-order valence-corrected chi connectivity index (χ4v) is 5.39. The minimum absolute atomic E-state index is 0.0216. The largest absolute Gasteiger partial charge is 0.497 e. The molecule has 0 saturated carbocycles. The number of hydrogen-bond acceptors (Lipinski definition) is 5. The van der Waals surface area contributed by atoms with Gasteiger partial charge in [-0.1, -0.05) is 42.5 Å². The molecular formula is C29H32N2O4S. The van der Waals surface area contributed by atoms with Crippen LogP contribution in [0.3, 0.4) is 0 Å². The molecule has 6 nitrogen and oxygen atoms in total. The first-order valence-corrected chi connectivity index (χ1v) is 13.0. The molecule has 4 rings (SSSR count). The van der Waals surface area contributed by atoms with E-state index in [1.165, 1.54) is 4.88 Å². The Labute approximate surface area is 216 Å². The second-order valence-corrected chi connectivity index (χ2v) is 9.66. The van der Waals surface area contributed by atoms with E-state index in [-0.39, 0.29) is 24.4 Å². The van der Waals surface area contributed by atoms with Gasteiger partial charge in [0.25, 0.3) is 0 Å². The lowest BCUT2D eigenvalue weighted by Crippen LogP contribution is -2.46. The summed E-state index contributed by atoms with van der Waals surface area (Å²) in [4.78, 5) is 31.7. The average Bonchev–Trinajstić information content (AvgIpc) is 3.40. The Morgan fingerprint density at radius 3 is 2.58 bits per heavy atom. The van der Waals surface area contributed by atoms with Crippen molar-refractivity contribution in [3.63, 3.8) is 0 Å². The lowest BCUT2D eigenvalue weighted by atomic mass is 9.93. The Balaban J connectivity index is 1.55. The molecule has 0 spiro atoms. The van der Waals surface area contributed by atoms with Crippen LogP contribution in [0.4, 0.5) is 0 Å². The average molecular weight is 505 g/mol. The molecule has 1 aliphatic rings. The minimum Gasteiger partial charge on any atom is -0.497 e. The lowest BCUT2D eigenvalue weighted by Gasteiger charge is -2.37. The number of carbonyl (C=O) groups excluding carboxylic acids is 2. The second-order valence-electron chi connectivity index (χ2n) is 8.66. The van der Waals surface area contributed by atoms with Crippen LogP contribution in [0, 0.1) is 0 Å². The molecule has 1 aliphatic heterocycles. The van der Waals surface area contributed by atoms with Gasteiger partial charge in [-0.15, -0.1) is 11.3 Å². The van der Waals surface area contributed by atoms with Crippen molar-refractivity contribution < 1.29 is 19.1 Å². The van der Waals surface area contributed by atoms with Gasteiger partial charge in [-0.3, -0.25) is 9.59 Å². The third-order valence-electron chi connectivity index (χ3n) is 6.35. The number of amides is 2. The highest BCUT2D eigenvalue weighted by atomic mass is 32.1. The first-order valence-electron chi connectivity index (χ1n) is 12.1. The van der Waals surface area contributed by atoms with Crippen LogP contribution in [-0.2, 0) is 20.7 Å². The van der Waals surface area contributed by atoms with Crippen molar-refractivity contribution in [3.05, 3.63) is 93.7 Å². The van der Waals surface area contributed by atoms with Gasteiger partial charge in [-0.05, 0) is 59.2 Å². The highest BCUT2D eigenvalue weighted by Crippen LogP contribution is 2.38. The molecule has 3 aromatic rings. The Kier molecular flexibility index (Phi) is 8.92. The molecule has 1 unspecified atom stereocenters. The topological polar surface area (TPSA) is 59.1 Å². The fourth-order valence-electron chi connectivity index (χ4n) is 4.49. The van der Waals surface area contributed by atoms with Crippen molar-refractivity contribution in [2.45, 2.75) is 18.9 Å². The molecule has 2 aromatic carbocycles.